The van der Waals surface area contributed by atoms with Gasteiger partial charge in [0.2, 0.25) is 0 Å². The molecular weight excluding hydrogens is 352 g/mol. The molecule has 0 aromatic heterocycles. The number of hydrogen-bond donors (Lipinski definition) is 0. The van der Waals surface area contributed by atoms with Crippen LogP contribution in [0.15, 0.2) is 23.3 Å². The van der Waals surface area contributed by atoms with Crippen LogP contribution in [0, 0.1) is 28.1 Å². The lowest BCUT2D eigenvalue weighted by atomic mass is 9.43. The summed E-state index contributed by atoms with van der Waals surface area (Å²) in [5, 5.41) is 0. The van der Waals surface area contributed by atoms with Gasteiger partial charge in [-0.25, -0.2) is 0 Å². The average molecular weight is 387 g/mol. The van der Waals surface area contributed by atoms with Gasteiger partial charge in [-0.15, -0.1) is 0 Å². The van der Waals surface area contributed by atoms with Gasteiger partial charge in [0.25, 0.3) is 0 Å². The molecule has 0 amide bonds. The fraction of sp³-hybridized carbons (Fsp3) is 0.708. The fourth-order valence-corrected chi connectivity index (χ4v) is 7.24. The number of rotatable bonds is 3. The number of esters is 1. The minimum atomic E-state index is -0.207. The number of fused-ring (bicyclic) bond motifs is 3. The van der Waals surface area contributed by atoms with Crippen molar-refractivity contribution in [3.63, 3.8) is 0 Å². The van der Waals surface area contributed by atoms with Crippen LogP contribution in [-0.2, 0) is 19.1 Å². The van der Waals surface area contributed by atoms with Crippen molar-refractivity contribution in [2.45, 2.75) is 79.8 Å². The Kier molecular flexibility index (Phi) is 5.23. The van der Waals surface area contributed by atoms with Crippen LogP contribution in [0.2, 0.25) is 0 Å². The van der Waals surface area contributed by atoms with Gasteiger partial charge in [0.15, 0.2) is 5.78 Å². The zero-order valence-electron chi connectivity index (χ0n) is 18.1. The van der Waals surface area contributed by atoms with E-state index in [0.717, 1.165) is 43.1 Å². The average Bonchev–Trinajstić information content (AvgIpc) is 2.87. The molecular formula is C24H34O4. The number of ketones is 1. The summed E-state index contributed by atoms with van der Waals surface area (Å²) >= 11 is 0. The number of aldehydes is 1. The largest absolute Gasteiger partial charge is 0.462 e. The maximum Gasteiger partial charge on any atom is 0.302 e. The second-order valence-electron chi connectivity index (χ2n) is 10.2. The summed E-state index contributed by atoms with van der Waals surface area (Å²) in [6.07, 6.45) is 8.36. The van der Waals surface area contributed by atoms with E-state index in [4.69, 9.17) is 4.74 Å². The van der Waals surface area contributed by atoms with Crippen molar-refractivity contribution in [3.8, 4) is 0 Å². The predicted molar refractivity (Wildman–Crippen MR) is 109 cm³/mol. The number of hydrogen-bond acceptors (Lipinski definition) is 4. The molecule has 3 aliphatic rings. The molecule has 3 rings (SSSR count). The molecule has 0 bridgehead atoms. The normalized spacial score (nSPS) is 41.4. The second-order valence-corrected chi connectivity index (χ2v) is 10.2. The van der Waals surface area contributed by atoms with Crippen LogP contribution in [0.3, 0.4) is 0 Å². The van der Waals surface area contributed by atoms with E-state index in [1.165, 1.54) is 13.0 Å². The molecule has 0 N–H and O–H groups in total. The molecule has 4 nitrogen and oxygen atoms in total. The Bertz CT molecular complexity index is 759. The van der Waals surface area contributed by atoms with Crippen LogP contribution in [-0.4, -0.2) is 24.1 Å². The highest BCUT2D eigenvalue weighted by Gasteiger charge is 2.65. The number of Topliss-reactive ketones (excluding diaryl/α,β-unsaturated/α-hetero) is 1. The number of carbonyl (C=O) groups is 3. The molecule has 3 saturated carbocycles. The molecule has 5 unspecified atom stereocenters. The summed E-state index contributed by atoms with van der Waals surface area (Å²) in [6, 6.07) is 0. The third-order valence-corrected chi connectivity index (χ3v) is 8.35. The van der Waals surface area contributed by atoms with Gasteiger partial charge < -0.3 is 4.74 Å². The topological polar surface area (TPSA) is 60.4 Å². The van der Waals surface area contributed by atoms with Crippen LogP contribution in [0.5, 0.6) is 0 Å². The quantitative estimate of drug-likeness (QED) is 0.396. The van der Waals surface area contributed by atoms with Crippen molar-refractivity contribution < 1.29 is 19.1 Å². The first-order valence-electron chi connectivity index (χ1n) is 10.5. The zero-order chi connectivity index (χ0) is 20.9. The van der Waals surface area contributed by atoms with E-state index < -0.39 is 0 Å². The Hall–Kier alpha value is -1.71. The molecule has 0 aromatic carbocycles. The highest BCUT2D eigenvalue weighted by Crippen LogP contribution is 2.69. The van der Waals surface area contributed by atoms with Gasteiger partial charge in [-0.3, -0.25) is 14.4 Å². The van der Waals surface area contributed by atoms with Crippen LogP contribution in [0.1, 0.15) is 73.6 Å². The van der Waals surface area contributed by atoms with Crippen molar-refractivity contribution in [1.29, 1.82) is 0 Å². The third kappa shape index (κ3) is 3.00. The summed E-state index contributed by atoms with van der Waals surface area (Å²) in [6.45, 7) is 12.5. The van der Waals surface area contributed by atoms with Gasteiger partial charge in [-0.05, 0) is 61.5 Å². The maximum atomic E-state index is 13.1. The third-order valence-electron chi connectivity index (χ3n) is 8.35. The summed E-state index contributed by atoms with van der Waals surface area (Å²) in [5.74, 6) is 0.732. The Morgan fingerprint density at radius 1 is 1.07 bits per heavy atom. The Morgan fingerprint density at radius 2 is 1.75 bits per heavy atom. The standard InChI is InChI=1S/C24H34O4/c1-15(8-7-13-25)21-17(27)14-19-23(5)12-10-20(28-16(2)26)22(3,4)18(23)9-11-24(19,21)6/h7-8,13,18-20H,9-12,14H2,1-6H3. The zero-order valence-corrected chi connectivity index (χ0v) is 18.1. The Morgan fingerprint density at radius 3 is 2.36 bits per heavy atom. The fourth-order valence-electron chi connectivity index (χ4n) is 7.24. The van der Waals surface area contributed by atoms with Gasteiger partial charge in [-0.1, -0.05) is 33.8 Å². The second kappa shape index (κ2) is 6.96. The van der Waals surface area contributed by atoms with E-state index in [0.29, 0.717) is 18.3 Å². The molecule has 0 aromatic rings. The molecule has 0 aliphatic heterocycles. The van der Waals surface area contributed by atoms with Crippen LogP contribution < -0.4 is 0 Å². The molecule has 0 spiro atoms. The lowest BCUT2D eigenvalue weighted by Crippen LogP contribution is -2.58. The lowest BCUT2D eigenvalue weighted by molar-refractivity contribution is -0.185. The number of carbonyl (C=O) groups excluding carboxylic acids is 3. The van der Waals surface area contributed by atoms with Gasteiger partial charge in [0.05, 0.1) is 0 Å². The van der Waals surface area contributed by atoms with Crippen molar-refractivity contribution >= 4 is 18.0 Å². The van der Waals surface area contributed by atoms with Gasteiger partial charge >= 0.3 is 5.97 Å². The molecule has 28 heavy (non-hydrogen) atoms. The smallest absolute Gasteiger partial charge is 0.302 e. The van der Waals surface area contributed by atoms with Gasteiger partial charge in [-0.2, -0.15) is 0 Å². The first-order chi connectivity index (χ1) is 13.0. The van der Waals surface area contributed by atoms with Crippen molar-refractivity contribution in [2.24, 2.45) is 28.1 Å². The molecule has 4 heteroatoms. The molecule has 5 atom stereocenters. The molecule has 0 radical (unpaired) electrons. The Balaban J connectivity index is 2.01. The molecule has 3 aliphatic carbocycles. The van der Waals surface area contributed by atoms with Crippen molar-refractivity contribution in [2.75, 3.05) is 0 Å². The molecule has 154 valence electrons. The van der Waals surface area contributed by atoms with E-state index in [-0.39, 0.29) is 34.1 Å². The van der Waals surface area contributed by atoms with E-state index in [9.17, 15) is 14.4 Å². The minimum Gasteiger partial charge on any atom is -0.462 e. The summed E-state index contributed by atoms with van der Waals surface area (Å²) in [5.41, 5.74) is 1.64. The van der Waals surface area contributed by atoms with Gasteiger partial charge in [0, 0.05) is 29.7 Å². The van der Waals surface area contributed by atoms with Crippen LogP contribution in [0.4, 0.5) is 0 Å². The van der Waals surface area contributed by atoms with Crippen LogP contribution in [0.25, 0.3) is 0 Å². The van der Waals surface area contributed by atoms with Gasteiger partial charge in [0.1, 0.15) is 12.4 Å². The lowest BCUT2D eigenvalue weighted by Gasteiger charge is -2.62. The van der Waals surface area contributed by atoms with E-state index in [1.807, 2.05) is 6.92 Å². The highest BCUT2D eigenvalue weighted by molar-refractivity contribution is 6.01. The molecule has 0 saturated heterocycles. The van der Waals surface area contributed by atoms with Crippen molar-refractivity contribution in [3.05, 3.63) is 23.3 Å². The Labute approximate surface area is 168 Å². The molecule has 0 heterocycles. The highest BCUT2D eigenvalue weighted by atomic mass is 16.5. The van der Waals surface area contributed by atoms with E-state index >= 15 is 0 Å². The predicted octanol–water partition coefficient (Wildman–Crippen LogP) is 4.82. The number of ether oxygens (including phenoxy) is 1. The first kappa shape index (κ1) is 21.0. The van der Waals surface area contributed by atoms with Crippen LogP contribution >= 0.6 is 0 Å². The van der Waals surface area contributed by atoms with Crippen molar-refractivity contribution in [1.82, 2.24) is 0 Å². The SMILES string of the molecule is CC(=O)OC1CCC2(C)C3CC(=O)C(=C(C)C=CC=O)C3(C)CCC2C1(C)C. The number of allylic oxidation sites excluding steroid dienone is 4. The maximum absolute atomic E-state index is 13.1. The summed E-state index contributed by atoms with van der Waals surface area (Å²) in [7, 11) is 0. The first-order valence-corrected chi connectivity index (χ1v) is 10.5. The van der Waals surface area contributed by atoms with E-state index in [1.54, 1.807) is 6.08 Å². The van der Waals surface area contributed by atoms with E-state index in [2.05, 4.69) is 27.7 Å². The molecule has 3 fully saturated rings. The summed E-state index contributed by atoms with van der Waals surface area (Å²) in [4.78, 5) is 35.5. The summed E-state index contributed by atoms with van der Waals surface area (Å²) < 4.78 is 5.70. The monoisotopic (exact) mass is 386 g/mol. The minimum absolute atomic E-state index is 0.0409.